The van der Waals surface area contributed by atoms with Crippen LogP contribution in [0.3, 0.4) is 0 Å². The number of aromatic nitrogens is 1. The van der Waals surface area contributed by atoms with Crippen LogP contribution in [0.25, 0.3) is 10.9 Å². The van der Waals surface area contributed by atoms with Crippen molar-refractivity contribution in [1.29, 1.82) is 0 Å². The molecule has 1 radical (unpaired) electrons. The van der Waals surface area contributed by atoms with Gasteiger partial charge in [0.25, 0.3) is 0 Å². The predicted octanol–water partition coefficient (Wildman–Crippen LogP) is 4.69. The summed E-state index contributed by atoms with van der Waals surface area (Å²) in [5.41, 5.74) is 5.42. The lowest BCUT2D eigenvalue weighted by Crippen LogP contribution is -1.95. The maximum atomic E-state index is 3.30. The third-order valence-corrected chi connectivity index (χ3v) is 3.93. The van der Waals surface area contributed by atoms with Crippen molar-refractivity contribution in [2.45, 2.75) is 26.2 Å². The standard InChI is InChI=1S/C19H20N/c1-14(2)16-9-7-15(8-10-16)13-18-6-4-5-17-11-12-20(3)19(17)18/h4-10,12,14H,13H2,1-3H3. The normalized spacial score (nSPS) is 11.4. The second-order valence-electron chi connectivity index (χ2n) is 5.77. The number of hydrogen-bond donors (Lipinski definition) is 0. The Bertz CT molecular complexity index is 717. The third-order valence-electron chi connectivity index (χ3n) is 3.93. The second kappa shape index (κ2) is 5.16. The second-order valence-corrected chi connectivity index (χ2v) is 5.77. The van der Waals surface area contributed by atoms with E-state index in [2.05, 4.69) is 74.0 Å². The highest BCUT2D eigenvalue weighted by Gasteiger charge is 2.06. The summed E-state index contributed by atoms with van der Waals surface area (Å²) in [5, 5.41) is 1.20. The molecule has 0 saturated heterocycles. The summed E-state index contributed by atoms with van der Waals surface area (Å²) in [6, 6.07) is 18.8. The molecule has 0 saturated carbocycles. The zero-order valence-electron chi connectivity index (χ0n) is 12.4. The Kier molecular flexibility index (Phi) is 3.35. The van der Waals surface area contributed by atoms with Gasteiger partial charge < -0.3 is 4.57 Å². The molecule has 2 aromatic carbocycles. The summed E-state index contributed by atoms with van der Waals surface area (Å²) in [5.74, 6) is 0.593. The van der Waals surface area contributed by atoms with Crippen molar-refractivity contribution in [3.05, 3.63) is 71.4 Å². The van der Waals surface area contributed by atoms with Gasteiger partial charge in [0.15, 0.2) is 0 Å². The molecule has 3 aromatic rings. The van der Waals surface area contributed by atoms with Gasteiger partial charge in [0.1, 0.15) is 0 Å². The Morgan fingerprint density at radius 3 is 2.50 bits per heavy atom. The maximum absolute atomic E-state index is 3.30. The van der Waals surface area contributed by atoms with E-state index in [9.17, 15) is 0 Å². The first kappa shape index (κ1) is 13.0. The molecular weight excluding hydrogens is 242 g/mol. The van der Waals surface area contributed by atoms with Crippen LogP contribution in [-0.2, 0) is 13.5 Å². The van der Waals surface area contributed by atoms with Crippen LogP contribution < -0.4 is 0 Å². The predicted molar refractivity (Wildman–Crippen MR) is 85.1 cm³/mol. The van der Waals surface area contributed by atoms with Crippen molar-refractivity contribution in [3.8, 4) is 0 Å². The molecule has 0 aliphatic rings. The van der Waals surface area contributed by atoms with Gasteiger partial charge in [0, 0.05) is 24.7 Å². The fourth-order valence-corrected chi connectivity index (χ4v) is 2.74. The first-order valence-corrected chi connectivity index (χ1v) is 7.18. The highest BCUT2D eigenvalue weighted by molar-refractivity contribution is 5.83. The quantitative estimate of drug-likeness (QED) is 0.645. The van der Waals surface area contributed by atoms with Gasteiger partial charge in [0.2, 0.25) is 0 Å². The number of para-hydroxylation sites is 1. The Morgan fingerprint density at radius 1 is 1.05 bits per heavy atom. The Labute approximate surface area is 120 Å². The van der Waals surface area contributed by atoms with Gasteiger partial charge in [-0.3, -0.25) is 0 Å². The minimum absolute atomic E-state index is 0.593. The van der Waals surface area contributed by atoms with Crippen molar-refractivity contribution < 1.29 is 0 Å². The van der Waals surface area contributed by atoms with Crippen LogP contribution in [0.15, 0.2) is 48.7 Å². The molecule has 3 rings (SSSR count). The molecule has 0 atom stereocenters. The highest BCUT2D eigenvalue weighted by Crippen LogP contribution is 2.22. The van der Waals surface area contributed by atoms with Gasteiger partial charge in [-0.15, -0.1) is 0 Å². The van der Waals surface area contributed by atoms with E-state index in [1.807, 2.05) is 6.20 Å². The van der Waals surface area contributed by atoms with E-state index in [-0.39, 0.29) is 0 Å². The number of fused-ring (bicyclic) bond motifs is 1. The van der Waals surface area contributed by atoms with Crippen LogP contribution in [0, 0.1) is 6.07 Å². The minimum atomic E-state index is 0.593. The zero-order valence-corrected chi connectivity index (χ0v) is 12.4. The maximum Gasteiger partial charge on any atom is 0.0520 e. The molecule has 1 nitrogen and oxygen atoms in total. The smallest absolute Gasteiger partial charge is 0.0520 e. The Hall–Kier alpha value is -2.02. The van der Waals surface area contributed by atoms with Crippen molar-refractivity contribution in [2.24, 2.45) is 7.05 Å². The van der Waals surface area contributed by atoms with Crippen LogP contribution in [0.1, 0.15) is 36.5 Å². The van der Waals surface area contributed by atoms with Crippen molar-refractivity contribution in [2.75, 3.05) is 0 Å². The topological polar surface area (TPSA) is 4.93 Å². The van der Waals surface area contributed by atoms with E-state index in [0.717, 1.165) is 6.42 Å². The summed E-state index contributed by atoms with van der Waals surface area (Å²) in [6.45, 7) is 4.46. The fraction of sp³-hybridized carbons (Fsp3) is 0.263. The van der Waals surface area contributed by atoms with E-state index in [1.165, 1.54) is 27.6 Å². The van der Waals surface area contributed by atoms with E-state index in [1.54, 1.807) is 0 Å². The molecular formula is C19H20N. The van der Waals surface area contributed by atoms with Crippen LogP contribution in [0.2, 0.25) is 0 Å². The fourth-order valence-electron chi connectivity index (χ4n) is 2.74. The summed E-state index contributed by atoms with van der Waals surface area (Å²) < 4.78 is 2.16. The van der Waals surface area contributed by atoms with Gasteiger partial charge in [0.05, 0.1) is 5.52 Å². The highest BCUT2D eigenvalue weighted by atomic mass is 14.9. The molecule has 0 amide bonds. The first-order valence-electron chi connectivity index (χ1n) is 7.18. The molecule has 0 fully saturated rings. The lowest BCUT2D eigenvalue weighted by Gasteiger charge is -2.09. The number of hydrogen-bond acceptors (Lipinski definition) is 0. The molecule has 0 bridgehead atoms. The van der Waals surface area contributed by atoms with E-state index in [4.69, 9.17) is 0 Å². The van der Waals surface area contributed by atoms with Gasteiger partial charge in [-0.2, -0.15) is 0 Å². The number of aryl methyl sites for hydroxylation is 1. The van der Waals surface area contributed by atoms with E-state index >= 15 is 0 Å². The van der Waals surface area contributed by atoms with Gasteiger partial charge in [-0.05, 0) is 29.0 Å². The number of benzene rings is 2. The Morgan fingerprint density at radius 2 is 1.80 bits per heavy atom. The molecule has 20 heavy (non-hydrogen) atoms. The molecule has 0 unspecified atom stereocenters. The van der Waals surface area contributed by atoms with E-state index in [0.29, 0.717) is 5.92 Å². The van der Waals surface area contributed by atoms with Gasteiger partial charge >= 0.3 is 0 Å². The van der Waals surface area contributed by atoms with Crippen LogP contribution in [0.5, 0.6) is 0 Å². The SMILES string of the molecule is CC(C)c1ccc(Cc2cccc3[c]cn(C)c23)cc1. The lowest BCUT2D eigenvalue weighted by molar-refractivity contribution is 0.865. The van der Waals surface area contributed by atoms with Crippen LogP contribution in [0.4, 0.5) is 0 Å². The first-order chi connectivity index (χ1) is 9.65. The largest absolute Gasteiger partial charge is 0.350 e. The summed E-state index contributed by atoms with van der Waals surface area (Å²) >= 11 is 0. The van der Waals surface area contributed by atoms with E-state index < -0.39 is 0 Å². The average Bonchev–Trinajstić information content (AvgIpc) is 2.82. The zero-order chi connectivity index (χ0) is 14.1. The summed E-state index contributed by atoms with van der Waals surface area (Å²) in [4.78, 5) is 0. The molecule has 0 spiro atoms. The molecule has 1 aromatic heterocycles. The number of nitrogens with zero attached hydrogens (tertiary/aromatic N) is 1. The molecule has 0 N–H and O–H groups in total. The monoisotopic (exact) mass is 262 g/mol. The third kappa shape index (κ3) is 2.36. The van der Waals surface area contributed by atoms with Crippen LogP contribution >= 0.6 is 0 Å². The van der Waals surface area contributed by atoms with Crippen LogP contribution in [-0.4, -0.2) is 4.57 Å². The Balaban J connectivity index is 1.95. The van der Waals surface area contributed by atoms with Gasteiger partial charge in [-0.25, -0.2) is 0 Å². The molecule has 0 aliphatic carbocycles. The van der Waals surface area contributed by atoms with Gasteiger partial charge in [-0.1, -0.05) is 56.3 Å². The van der Waals surface area contributed by atoms with Crippen molar-refractivity contribution in [3.63, 3.8) is 0 Å². The van der Waals surface area contributed by atoms with Crippen molar-refractivity contribution >= 4 is 10.9 Å². The minimum Gasteiger partial charge on any atom is -0.350 e. The summed E-state index contributed by atoms with van der Waals surface area (Å²) in [6.07, 6.45) is 2.98. The average molecular weight is 262 g/mol. The number of rotatable bonds is 3. The molecule has 1 heteroatoms. The lowest BCUT2D eigenvalue weighted by atomic mass is 9.98. The molecule has 101 valence electrons. The molecule has 1 heterocycles. The molecule has 0 aliphatic heterocycles. The summed E-state index contributed by atoms with van der Waals surface area (Å²) in [7, 11) is 2.09. The van der Waals surface area contributed by atoms with Crippen molar-refractivity contribution in [1.82, 2.24) is 4.57 Å².